The van der Waals surface area contributed by atoms with Gasteiger partial charge in [0, 0.05) is 29.7 Å². The van der Waals surface area contributed by atoms with E-state index in [1.54, 1.807) is 36.4 Å². The molecular formula is C27H27ClN6O5S. The van der Waals surface area contributed by atoms with Crippen molar-refractivity contribution in [1.82, 2.24) is 24.2 Å². The van der Waals surface area contributed by atoms with E-state index in [9.17, 15) is 23.1 Å². The highest BCUT2D eigenvalue weighted by molar-refractivity contribution is 7.92. The number of likely N-dealkylation sites (tertiary alicyclic amines) is 1. The Morgan fingerprint density at radius 3 is 2.52 bits per heavy atom. The molecule has 1 amide bonds. The fourth-order valence-electron chi connectivity index (χ4n) is 4.98. The number of rotatable bonds is 7. The molecular weight excluding hydrogens is 556 g/mol. The smallest absolute Gasteiger partial charge is 0.264 e. The van der Waals surface area contributed by atoms with Gasteiger partial charge in [-0.15, -0.1) is 0 Å². The van der Waals surface area contributed by atoms with Crippen LogP contribution in [-0.4, -0.2) is 62.4 Å². The minimum atomic E-state index is -3.83. The first kappa shape index (κ1) is 26.5. The van der Waals surface area contributed by atoms with Gasteiger partial charge in [-0.2, -0.15) is 5.10 Å². The number of halogens is 1. The molecule has 0 radical (unpaired) electrons. The number of hydrogen-bond acceptors (Lipinski definition) is 7. The first-order valence-corrected chi connectivity index (χ1v) is 14.8. The molecule has 6 rings (SSSR count). The minimum Gasteiger partial charge on any atom is -0.388 e. The molecule has 40 heavy (non-hydrogen) atoms. The van der Waals surface area contributed by atoms with Crippen LogP contribution in [0.5, 0.6) is 0 Å². The summed E-state index contributed by atoms with van der Waals surface area (Å²) in [6.07, 6.45) is 5.50. The van der Waals surface area contributed by atoms with Crippen LogP contribution in [0.2, 0.25) is 5.02 Å². The summed E-state index contributed by atoms with van der Waals surface area (Å²) in [5.74, 6) is 0.313. The lowest BCUT2D eigenvalue weighted by atomic mass is 9.91. The molecule has 0 unspecified atom stereocenters. The van der Waals surface area contributed by atoms with Gasteiger partial charge in [0.15, 0.2) is 5.65 Å². The van der Waals surface area contributed by atoms with E-state index < -0.39 is 15.6 Å². The Morgan fingerprint density at radius 2 is 1.85 bits per heavy atom. The number of carbonyl (C=O) groups is 1. The molecule has 11 nitrogen and oxygen atoms in total. The molecule has 1 aliphatic carbocycles. The molecule has 2 fully saturated rings. The van der Waals surface area contributed by atoms with E-state index >= 15 is 0 Å². The van der Waals surface area contributed by atoms with Gasteiger partial charge in [-0.05, 0) is 68.1 Å². The van der Waals surface area contributed by atoms with Crippen molar-refractivity contribution < 1.29 is 18.3 Å². The molecule has 1 saturated carbocycles. The van der Waals surface area contributed by atoms with Gasteiger partial charge in [-0.3, -0.25) is 18.9 Å². The molecule has 13 heteroatoms. The number of fused-ring (bicyclic) bond motifs is 1. The van der Waals surface area contributed by atoms with E-state index in [4.69, 9.17) is 11.6 Å². The summed E-state index contributed by atoms with van der Waals surface area (Å²) in [5, 5.41) is 16.1. The molecule has 2 aromatic heterocycles. The normalized spacial score (nSPS) is 17.2. The first-order valence-electron chi connectivity index (χ1n) is 13.0. The average molecular weight is 583 g/mol. The van der Waals surface area contributed by atoms with E-state index in [2.05, 4.69) is 14.8 Å². The van der Waals surface area contributed by atoms with Crippen molar-refractivity contribution in [2.24, 2.45) is 5.92 Å². The van der Waals surface area contributed by atoms with Crippen LogP contribution in [-0.2, 0) is 21.4 Å². The molecule has 0 spiro atoms. The number of aromatic nitrogens is 4. The lowest BCUT2D eigenvalue weighted by Crippen LogP contribution is -2.50. The van der Waals surface area contributed by atoms with Crippen molar-refractivity contribution >= 4 is 44.3 Å². The predicted molar refractivity (Wildman–Crippen MR) is 149 cm³/mol. The number of hydrogen-bond donors (Lipinski definition) is 2. The number of sulfonamides is 1. The zero-order valence-corrected chi connectivity index (χ0v) is 23.0. The first-order chi connectivity index (χ1) is 19.1. The number of nitrogens with one attached hydrogen (secondary N) is 1. The molecule has 2 aromatic carbocycles. The van der Waals surface area contributed by atoms with Gasteiger partial charge >= 0.3 is 0 Å². The van der Waals surface area contributed by atoms with Crippen molar-refractivity contribution in [1.29, 1.82) is 0 Å². The molecule has 1 saturated heterocycles. The van der Waals surface area contributed by atoms with E-state index in [1.807, 2.05) is 4.90 Å². The molecule has 3 heterocycles. The van der Waals surface area contributed by atoms with E-state index in [-0.39, 0.29) is 34.2 Å². The van der Waals surface area contributed by atoms with Gasteiger partial charge in [0.2, 0.25) is 5.91 Å². The summed E-state index contributed by atoms with van der Waals surface area (Å²) in [5.41, 5.74) is -0.174. The second-order valence-corrected chi connectivity index (χ2v) is 12.5. The molecule has 1 aliphatic heterocycles. The third-order valence-electron chi connectivity index (χ3n) is 7.42. The third-order valence-corrected chi connectivity index (χ3v) is 9.04. The van der Waals surface area contributed by atoms with Crippen molar-refractivity contribution in [2.45, 2.75) is 42.7 Å². The van der Waals surface area contributed by atoms with Crippen LogP contribution < -0.4 is 10.3 Å². The van der Waals surface area contributed by atoms with Crippen LogP contribution >= 0.6 is 11.6 Å². The fraction of sp³-hybridized carbons (Fsp3) is 0.333. The Balaban J connectivity index is 1.17. The molecule has 208 valence electrons. The highest BCUT2D eigenvalue weighted by atomic mass is 35.5. The van der Waals surface area contributed by atoms with Gasteiger partial charge in [0.05, 0.1) is 28.9 Å². The van der Waals surface area contributed by atoms with E-state index in [1.165, 1.54) is 33.9 Å². The van der Waals surface area contributed by atoms with E-state index in [0.29, 0.717) is 48.0 Å². The van der Waals surface area contributed by atoms with Crippen LogP contribution in [0.4, 0.5) is 5.69 Å². The second kappa shape index (κ2) is 10.0. The number of amides is 1. The quantitative estimate of drug-likeness (QED) is 0.341. The minimum absolute atomic E-state index is 0.0459. The lowest BCUT2D eigenvalue weighted by Gasteiger charge is -2.38. The van der Waals surface area contributed by atoms with Gasteiger partial charge < -0.3 is 10.0 Å². The zero-order chi connectivity index (χ0) is 28.1. The highest BCUT2D eigenvalue weighted by Crippen LogP contribution is 2.33. The fourth-order valence-corrected chi connectivity index (χ4v) is 6.34. The van der Waals surface area contributed by atoms with Gasteiger partial charge in [-0.25, -0.2) is 18.1 Å². The molecule has 0 bridgehead atoms. The van der Waals surface area contributed by atoms with Crippen LogP contribution in [0.15, 0.2) is 70.7 Å². The van der Waals surface area contributed by atoms with Gasteiger partial charge in [-0.1, -0.05) is 17.7 Å². The van der Waals surface area contributed by atoms with Crippen LogP contribution in [0.1, 0.15) is 25.7 Å². The third kappa shape index (κ3) is 5.21. The average Bonchev–Trinajstić information content (AvgIpc) is 3.69. The number of aliphatic hydroxyl groups is 1. The summed E-state index contributed by atoms with van der Waals surface area (Å²) in [6, 6.07) is 12.5. The summed E-state index contributed by atoms with van der Waals surface area (Å²) >= 11 is 5.93. The Morgan fingerprint density at radius 1 is 1.12 bits per heavy atom. The predicted octanol–water partition coefficient (Wildman–Crippen LogP) is 2.80. The zero-order valence-electron chi connectivity index (χ0n) is 21.4. The van der Waals surface area contributed by atoms with E-state index in [0.717, 1.165) is 12.8 Å². The van der Waals surface area contributed by atoms with Gasteiger partial charge in [0.25, 0.3) is 15.6 Å². The summed E-state index contributed by atoms with van der Waals surface area (Å²) in [6.45, 7) is 1.02. The Hall–Kier alpha value is -3.74. The number of anilines is 1. The Labute approximate surface area is 235 Å². The van der Waals surface area contributed by atoms with Crippen molar-refractivity contribution in [3.8, 4) is 5.69 Å². The number of benzene rings is 2. The monoisotopic (exact) mass is 582 g/mol. The maximum Gasteiger partial charge on any atom is 0.264 e. The van der Waals surface area contributed by atoms with Crippen LogP contribution in [0, 0.1) is 5.92 Å². The topological polar surface area (TPSA) is 139 Å². The molecule has 4 aromatic rings. The maximum absolute atomic E-state index is 13.2. The van der Waals surface area contributed by atoms with Crippen LogP contribution in [0.3, 0.4) is 0 Å². The van der Waals surface area contributed by atoms with Crippen molar-refractivity contribution in [2.75, 3.05) is 17.8 Å². The van der Waals surface area contributed by atoms with Gasteiger partial charge in [0.1, 0.15) is 11.7 Å². The molecule has 2 aliphatic rings. The summed E-state index contributed by atoms with van der Waals surface area (Å²) < 4.78 is 30.8. The molecule has 2 N–H and O–H groups in total. The largest absolute Gasteiger partial charge is 0.388 e. The maximum atomic E-state index is 13.2. The highest BCUT2D eigenvalue weighted by Gasteiger charge is 2.39. The second-order valence-electron chi connectivity index (χ2n) is 10.4. The lowest BCUT2D eigenvalue weighted by molar-refractivity contribution is -0.137. The molecule has 0 atom stereocenters. The summed E-state index contributed by atoms with van der Waals surface area (Å²) in [4.78, 5) is 31.9. The Bertz CT molecular complexity index is 1760. The number of carbonyl (C=O) groups excluding carboxylic acids is 1. The number of nitrogens with zero attached hydrogens (tertiary/aromatic N) is 5. The number of piperidine rings is 1. The van der Waals surface area contributed by atoms with Crippen LogP contribution in [0.25, 0.3) is 16.7 Å². The van der Waals surface area contributed by atoms with Crippen molar-refractivity contribution in [3.05, 3.63) is 76.4 Å². The SMILES string of the molecule is O=C(C1CC1)N1CCC(O)(Cn2cnc3c(cnn3-c3ccc(NS(=O)(=O)c4cccc(Cl)c4)cc3)c2=O)CC1. The van der Waals surface area contributed by atoms with Crippen molar-refractivity contribution in [3.63, 3.8) is 0 Å². The summed E-state index contributed by atoms with van der Waals surface area (Å²) in [7, 11) is -3.83. The Kier molecular flexibility index (Phi) is 6.64. The standard InChI is InChI=1S/C27H27ClN6O5S/c28-19-2-1-3-22(14-19)40(38,39)31-20-6-8-21(9-7-20)34-24-23(15-30-34)26(36)33(17-29-24)16-27(37)10-12-32(13-11-27)25(35)18-4-5-18/h1-3,6-9,14-15,17-18,31,37H,4-5,10-13,16H2.